The van der Waals surface area contributed by atoms with Gasteiger partial charge in [0.15, 0.2) is 11.6 Å². The lowest BCUT2D eigenvalue weighted by molar-refractivity contribution is 0.0983. The summed E-state index contributed by atoms with van der Waals surface area (Å²) in [4.78, 5) is 23.1. The molecule has 0 aliphatic heterocycles. The molecule has 0 fully saturated rings. The van der Waals surface area contributed by atoms with E-state index in [9.17, 15) is 9.59 Å². The number of benzene rings is 2. The van der Waals surface area contributed by atoms with Gasteiger partial charge >= 0.3 is 0 Å². The van der Waals surface area contributed by atoms with Crippen LogP contribution < -0.4 is 0 Å². The molecule has 0 amide bonds. The van der Waals surface area contributed by atoms with Crippen molar-refractivity contribution in [2.45, 2.75) is 71.6 Å². The fourth-order valence-corrected chi connectivity index (χ4v) is 3.70. The zero-order chi connectivity index (χ0) is 21.1. The summed E-state index contributed by atoms with van der Waals surface area (Å²) in [6, 6.07) is 14.3. The zero-order valence-electron chi connectivity index (χ0n) is 17.8. The molecule has 2 aromatic rings. The molecule has 29 heavy (non-hydrogen) atoms. The van der Waals surface area contributed by atoms with Gasteiger partial charge in [-0.2, -0.15) is 0 Å². The normalized spacial score (nSPS) is 12.3. The minimum atomic E-state index is 0.142. The minimum Gasteiger partial charge on any atom is -0.294 e. The highest BCUT2D eigenvalue weighted by Crippen LogP contribution is 2.23. The summed E-state index contributed by atoms with van der Waals surface area (Å²) in [6.07, 6.45) is 9.04. The van der Waals surface area contributed by atoms with E-state index in [-0.39, 0.29) is 5.78 Å². The van der Waals surface area contributed by atoms with Gasteiger partial charge in [-0.3, -0.25) is 9.59 Å². The molecule has 3 rings (SSSR count). The Balaban J connectivity index is 0.000000207. The topological polar surface area (TPSA) is 34.1 Å². The Hall–Kier alpha value is -1.93. The predicted molar refractivity (Wildman–Crippen MR) is 122 cm³/mol. The highest BCUT2D eigenvalue weighted by molar-refractivity contribution is 6.19. The van der Waals surface area contributed by atoms with Crippen molar-refractivity contribution >= 4 is 23.2 Å². The summed E-state index contributed by atoms with van der Waals surface area (Å²) in [7, 11) is 0. The molecule has 0 atom stereocenters. The van der Waals surface area contributed by atoms with Crippen LogP contribution in [0.3, 0.4) is 0 Å². The highest BCUT2D eigenvalue weighted by Gasteiger charge is 2.18. The number of hydrogen-bond acceptors (Lipinski definition) is 2. The molecule has 0 saturated carbocycles. The average Bonchev–Trinajstić information content (AvgIpc) is 3.12. The summed E-state index contributed by atoms with van der Waals surface area (Å²) >= 11 is 5.55. The van der Waals surface area contributed by atoms with Gasteiger partial charge in [0, 0.05) is 29.8 Å². The molecule has 156 valence electrons. The van der Waals surface area contributed by atoms with Gasteiger partial charge in [-0.1, -0.05) is 57.0 Å². The van der Waals surface area contributed by atoms with Crippen LogP contribution in [0.15, 0.2) is 42.5 Å². The van der Waals surface area contributed by atoms with Crippen LogP contribution in [0.4, 0.5) is 0 Å². The number of fused-ring (bicyclic) bond motifs is 1. The summed E-state index contributed by atoms with van der Waals surface area (Å²) in [5.74, 6) is 0.875. The maximum absolute atomic E-state index is 11.6. The summed E-state index contributed by atoms with van der Waals surface area (Å²) in [5.41, 5.74) is 5.59. The van der Waals surface area contributed by atoms with Crippen molar-refractivity contribution in [3.8, 4) is 0 Å². The molecule has 0 N–H and O–H groups in total. The molecule has 2 aromatic carbocycles. The van der Waals surface area contributed by atoms with Crippen molar-refractivity contribution in [3.05, 3.63) is 70.3 Å². The van der Waals surface area contributed by atoms with Crippen molar-refractivity contribution < 1.29 is 9.59 Å². The van der Waals surface area contributed by atoms with E-state index in [0.717, 1.165) is 30.4 Å². The Morgan fingerprint density at radius 3 is 2.28 bits per heavy atom. The lowest BCUT2D eigenvalue weighted by Crippen LogP contribution is -2.00. The van der Waals surface area contributed by atoms with Crippen molar-refractivity contribution in [1.29, 1.82) is 0 Å². The quantitative estimate of drug-likeness (QED) is 0.328. The number of carbonyl (C=O) groups is 2. The smallest absolute Gasteiger partial charge is 0.164 e. The van der Waals surface area contributed by atoms with Gasteiger partial charge < -0.3 is 0 Å². The van der Waals surface area contributed by atoms with Gasteiger partial charge in [-0.15, -0.1) is 11.6 Å². The Morgan fingerprint density at radius 1 is 0.931 bits per heavy atom. The lowest BCUT2D eigenvalue weighted by Gasteiger charge is -2.03. The van der Waals surface area contributed by atoms with E-state index in [2.05, 4.69) is 38.1 Å². The summed E-state index contributed by atoms with van der Waals surface area (Å²) < 4.78 is 0. The Morgan fingerprint density at radius 2 is 1.62 bits per heavy atom. The number of hydrogen-bond donors (Lipinski definition) is 0. The molecule has 0 heterocycles. The fraction of sp³-hybridized carbons (Fsp3) is 0.462. The van der Waals surface area contributed by atoms with E-state index in [1.54, 1.807) is 0 Å². The molecule has 0 unspecified atom stereocenters. The van der Waals surface area contributed by atoms with Crippen LogP contribution in [0.5, 0.6) is 0 Å². The molecule has 3 heteroatoms. The lowest BCUT2D eigenvalue weighted by atomic mass is 10.0. The monoisotopic (exact) mass is 412 g/mol. The van der Waals surface area contributed by atoms with Crippen LogP contribution in [0.25, 0.3) is 0 Å². The molecule has 0 aromatic heterocycles. The van der Waals surface area contributed by atoms with Crippen LogP contribution in [0.1, 0.15) is 89.8 Å². The minimum absolute atomic E-state index is 0.142. The Bertz CT molecular complexity index is 810. The third-order valence-electron chi connectivity index (χ3n) is 5.30. The van der Waals surface area contributed by atoms with Gasteiger partial charge in [0.2, 0.25) is 0 Å². The fourth-order valence-electron chi connectivity index (χ4n) is 3.53. The van der Waals surface area contributed by atoms with Crippen molar-refractivity contribution in [1.82, 2.24) is 0 Å². The largest absolute Gasteiger partial charge is 0.294 e. The standard InChI is InChI=1S/C13H17ClO.C13H16O/c1-2-3-5-11-6-4-7-12(10-11)13(15)8-9-14;1-2-3-4-10-5-6-11-7-8-13(14)12(11)9-10/h4,6-7,10H,2-3,5,8-9H2,1H3;5-6,9H,2-4,7-8H2,1H3. The average molecular weight is 413 g/mol. The molecule has 0 saturated heterocycles. The number of halogens is 1. The second kappa shape index (κ2) is 12.6. The Kier molecular flexibility index (Phi) is 10.1. The summed E-state index contributed by atoms with van der Waals surface area (Å²) in [6.45, 7) is 4.36. The molecule has 1 aliphatic rings. The van der Waals surface area contributed by atoms with Gasteiger partial charge in [0.25, 0.3) is 0 Å². The molecule has 1 aliphatic carbocycles. The third-order valence-corrected chi connectivity index (χ3v) is 5.49. The third kappa shape index (κ3) is 7.44. The molecule has 0 radical (unpaired) electrons. The molecule has 0 bridgehead atoms. The number of ketones is 2. The van der Waals surface area contributed by atoms with E-state index in [1.807, 2.05) is 18.2 Å². The van der Waals surface area contributed by atoms with Crippen LogP contribution in [0.2, 0.25) is 0 Å². The van der Waals surface area contributed by atoms with Gasteiger partial charge in [0.1, 0.15) is 0 Å². The van der Waals surface area contributed by atoms with Crippen molar-refractivity contribution in [2.75, 3.05) is 5.88 Å². The number of carbonyl (C=O) groups excluding carboxylic acids is 2. The maximum Gasteiger partial charge on any atom is 0.164 e. The van der Waals surface area contributed by atoms with Crippen molar-refractivity contribution in [2.24, 2.45) is 0 Å². The predicted octanol–water partition coefficient (Wildman–Crippen LogP) is 7.00. The van der Waals surface area contributed by atoms with E-state index < -0.39 is 0 Å². The van der Waals surface area contributed by atoms with Gasteiger partial charge in [-0.25, -0.2) is 0 Å². The SMILES string of the molecule is CCCCc1ccc2c(c1)C(=O)CC2.CCCCc1cccc(C(=O)CCCl)c1. The first kappa shape index (κ1) is 23.3. The van der Waals surface area contributed by atoms with Crippen LogP contribution in [-0.2, 0) is 19.3 Å². The second-order valence-corrected chi connectivity index (χ2v) is 8.06. The van der Waals surface area contributed by atoms with Crippen molar-refractivity contribution in [3.63, 3.8) is 0 Å². The van der Waals surface area contributed by atoms with E-state index >= 15 is 0 Å². The first-order valence-electron chi connectivity index (χ1n) is 10.9. The number of aryl methyl sites for hydroxylation is 3. The maximum atomic E-state index is 11.6. The van der Waals surface area contributed by atoms with E-state index in [0.29, 0.717) is 24.5 Å². The van der Waals surface area contributed by atoms with Crippen LogP contribution >= 0.6 is 11.6 Å². The molecular weight excluding hydrogens is 380 g/mol. The number of Topliss-reactive ketones (excluding diaryl/α,β-unsaturated/α-hetero) is 2. The highest BCUT2D eigenvalue weighted by atomic mass is 35.5. The van der Waals surface area contributed by atoms with Gasteiger partial charge in [-0.05, 0) is 60.9 Å². The molecular formula is C26H33ClO2. The van der Waals surface area contributed by atoms with Crippen LogP contribution in [0, 0.1) is 0 Å². The van der Waals surface area contributed by atoms with Gasteiger partial charge in [0.05, 0.1) is 0 Å². The number of alkyl halides is 1. The summed E-state index contributed by atoms with van der Waals surface area (Å²) in [5, 5.41) is 0. The van der Waals surface area contributed by atoms with E-state index in [1.165, 1.54) is 42.4 Å². The molecule has 0 spiro atoms. The Labute approximate surface area is 180 Å². The number of rotatable bonds is 9. The molecule has 2 nitrogen and oxygen atoms in total. The van der Waals surface area contributed by atoms with E-state index in [4.69, 9.17) is 11.6 Å². The first-order chi connectivity index (χ1) is 14.1. The number of unbranched alkanes of at least 4 members (excludes halogenated alkanes) is 2. The zero-order valence-corrected chi connectivity index (χ0v) is 18.6. The second-order valence-electron chi connectivity index (χ2n) is 7.68. The first-order valence-corrected chi connectivity index (χ1v) is 11.5. The van der Waals surface area contributed by atoms with Crippen LogP contribution in [-0.4, -0.2) is 17.4 Å².